The molecule has 0 aliphatic heterocycles. The number of aryl methyl sites for hydroxylation is 1. The Labute approximate surface area is 176 Å². The van der Waals surface area contributed by atoms with Crippen molar-refractivity contribution in [1.82, 2.24) is 19.7 Å². The number of aliphatic imine (C=N–C) groups is 1. The predicted molar refractivity (Wildman–Crippen MR) is 114 cm³/mol. The van der Waals surface area contributed by atoms with Gasteiger partial charge in [-0.15, -0.1) is 0 Å². The molecule has 0 bridgehead atoms. The van der Waals surface area contributed by atoms with Gasteiger partial charge >= 0.3 is 5.69 Å². The average Bonchev–Trinajstić information content (AvgIpc) is 3.26. The van der Waals surface area contributed by atoms with Gasteiger partial charge in [0.2, 0.25) is 17.6 Å². The zero-order valence-electron chi connectivity index (χ0n) is 16.4. The largest absolute Gasteiger partial charge is 0.494 e. The molecule has 9 nitrogen and oxygen atoms in total. The van der Waals surface area contributed by atoms with Crippen molar-refractivity contribution in [2.45, 2.75) is 19.5 Å². The molecule has 4 aromatic rings. The van der Waals surface area contributed by atoms with E-state index in [9.17, 15) is 14.7 Å². The second-order valence-corrected chi connectivity index (χ2v) is 6.73. The van der Waals surface area contributed by atoms with Gasteiger partial charge in [-0.1, -0.05) is 65.8 Å². The van der Waals surface area contributed by atoms with Crippen molar-refractivity contribution in [3.05, 3.63) is 98.5 Å². The topological polar surface area (TPSA) is 126 Å². The van der Waals surface area contributed by atoms with E-state index in [2.05, 4.69) is 20.1 Å². The molecule has 0 saturated heterocycles. The van der Waals surface area contributed by atoms with Gasteiger partial charge in [0, 0.05) is 18.3 Å². The Balaban J connectivity index is 1.50. The normalized spacial score (nSPS) is 11.2. The summed E-state index contributed by atoms with van der Waals surface area (Å²) < 4.78 is 6.28. The van der Waals surface area contributed by atoms with E-state index in [1.54, 1.807) is 0 Å². The second-order valence-electron chi connectivity index (χ2n) is 6.73. The fourth-order valence-corrected chi connectivity index (χ4v) is 3.02. The lowest BCUT2D eigenvalue weighted by Gasteiger charge is -2.09. The molecule has 0 unspecified atom stereocenters. The van der Waals surface area contributed by atoms with Crippen LogP contribution < -0.4 is 11.2 Å². The number of benzene rings is 2. The molecule has 0 saturated carbocycles. The Morgan fingerprint density at radius 1 is 1.06 bits per heavy atom. The first-order valence-electron chi connectivity index (χ1n) is 9.59. The third-order valence-corrected chi connectivity index (χ3v) is 4.62. The molecule has 0 atom stereocenters. The monoisotopic (exact) mass is 417 g/mol. The van der Waals surface area contributed by atoms with Crippen LogP contribution in [-0.4, -0.2) is 31.0 Å². The quantitative estimate of drug-likeness (QED) is 0.444. The van der Waals surface area contributed by atoms with Crippen LogP contribution in [0.3, 0.4) is 0 Å². The van der Waals surface area contributed by atoms with Crippen molar-refractivity contribution in [1.29, 1.82) is 0 Å². The smallest absolute Gasteiger partial charge is 0.331 e. The van der Waals surface area contributed by atoms with Crippen LogP contribution in [-0.2, 0) is 19.5 Å². The van der Waals surface area contributed by atoms with Crippen LogP contribution in [0.25, 0.3) is 11.4 Å². The van der Waals surface area contributed by atoms with Crippen molar-refractivity contribution < 1.29 is 9.63 Å². The van der Waals surface area contributed by atoms with Gasteiger partial charge in [-0.05, 0) is 12.0 Å². The van der Waals surface area contributed by atoms with Crippen LogP contribution in [0.15, 0.2) is 79.8 Å². The third kappa shape index (κ3) is 4.67. The summed E-state index contributed by atoms with van der Waals surface area (Å²) in [4.78, 5) is 34.9. The highest BCUT2D eigenvalue weighted by Gasteiger charge is 2.13. The highest BCUT2D eigenvalue weighted by Crippen LogP contribution is 2.15. The zero-order valence-corrected chi connectivity index (χ0v) is 16.4. The molecule has 2 heterocycles. The Morgan fingerprint density at radius 3 is 2.52 bits per heavy atom. The van der Waals surface area contributed by atoms with E-state index in [1.165, 1.54) is 6.21 Å². The molecule has 4 rings (SSSR count). The summed E-state index contributed by atoms with van der Waals surface area (Å²) in [7, 11) is 0. The standard InChI is InChI=1S/C22H19N5O4/c28-20-17(13-23-14-18-24-19(26-31-18)16-9-5-2-6-10-16)21(29)27(22(30)25-20)12-11-15-7-3-1-4-8-15/h1-10,13,29H,11-12,14H2,(H,25,28,30). The van der Waals surface area contributed by atoms with Gasteiger partial charge in [0.15, 0.2) is 0 Å². The molecule has 156 valence electrons. The minimum absolute atomic E-state index is 0.0157. The van der Waals surface area contributed by atoms with Crippen molar-refractivity contribution in [3.63, 3.8) is 0 Å². The molecule has 0 aliphatic carbocycles. The number of rotatable bonds is 7. The van der Waals surface area contributed by atoms with E-state index in [1.807, 2.05) is 60.7 Å². The maximum atomic E-state index is 12.1. The van der Waals surface area contributed by atoms with Gasteiger partial charge in [0.05, 0.1) is 0 Å². The van der Waals surface area contributed by atoms with Crippen LogP contribution in [0.2, 0.25) is 0 Å². The number of H-pyrrole nitrogens is 1. The van der Waals surface area contributed by atoms with E-state index < -0.39 is 17.1 Å². The molecule has 2 aromatic heterocycles. The third-order valence-electron chi connectivity index (χ3n) is 4.62. The van der Waals surface area contributed by atoms with Gasteiger partial charge in [-0.25, -0.2) is 4.79 Å². The first-order chi connectivity index (χ1) is 15.1. The van der Waals surface area contributed by atoms with Crippen LogP contribution in [0.4, 0.5) is 0 Å². The van der Waals surface area contributed by atoms with E-state index in [-0.39, 0.29) is 24.5 Å². The van der Waals surface area contributed by atoms with E-state index >= 15 is 0 Å². The number of hydrogen-bond donors (Lipinski definition) is 2. The van der Waals surface area contributed by atoms with Gasteiger partial charge in [-0.2, -0.15) is 4.98 Å². The fourth-order valence-electron chi connectivity index (χ4n) is 3.02. The molecule has 0 spiro atoms. The second kappa shape index (κ2) is 9.04. The van der Waals surface area contributed by atoms with Gasteiger partial charge in [-0.3, -0.25) is 19.3 Å². The van der Waals surface area contributed by atoms with E-state index in [4.69, 9.17) is 4.52 Å². The highest BCUT2D eigenvalue weighted by atomic mass is 16.5. The first-order valence-corrected chi connectivity index (χ1v) is 9.59. The molecule has 2 aromatic carbocycles. The number of nitrogens with one attached hydrogen (secondary N) is 1. The Morgan fingerprint density at radius 2 is 1.77 bits per heavy atom. The van der Waals surface area contributed by atoms with E-state index in [0.717, 1.165) is 15.7 Å². The maximum absolute atomic E-state index is 12.1. The minimum Gasteiger partial charge on any atom is -0.494 e. The molecular weight excluding hydrogens is 398 g/mol. The predicted octanol–water partition coefficient (Wildman–Crippen LogP) is 2.15. The summed E-state index contributed by atoms with van der Waals surface area (Å²) in [5, 5.41) is 14.4. The molecular formula is C22H19N5O4. The number of nitrogens with zero attached hydrogens (tertiary/aromatic N) is 4. The van der Waals surface area contributed by atoms with Gasteiger partial charge in [0.25, 0.3) is 5.56 Å². The lowest BCUT2D eigenvalue weighted by atomic mass is 10.1. The van der Waals surface area contributed by atoms with Gasteiger partial charge in [0.1, 0.15) is 12.1 Å². The summed E-state index contributed by atoms with van der Waals surface area (Å²) >= 11 is 0. The highest BCUT2D eigenvalue weighted by molar-refractivity contribution is 5.81. The zero-order chi connectivity index (χ0) is 21.6. The number of aromatic amines is 1. The van der Waals surface area contributed by atoms with Crippen molar-refractivity contribution in [3.8, 4) is 17.3 Å². The summed E-state index contributed by atoms with van der Waals surface area (Å²) in [6.45, 7) is 0.220. The molecule has 9 heteroatoms. The number of aromatic hydroxyl groups is 1. The number of hydrogen-bond acceptors (Lipinski definition) is 7. The molecule has 0 fully saturated rings. The maximum Gasteiger partial charge on any atom is 0.331 e. The summed E-state index contributed by atoms with van der Waals surface area (Å²) in [6, 6.07) is 18.9. The van der Waals surface area contributed by atoms with Crippen LogP contribution >= 0.6 is 0 Å². The summed E-state index contributed by atoms with van der Waals surface area (Å²) in [5.41, 5.74) is 0.287. The number of aromatic nitrogens is 4. The van der Waals surface area contributed by atoms with Crippen LogP contribution in [0, 0.1) is 0 Å². The lowest BCUT2D eigenvalue weighted by Crippen LogP contribution is -2.32. The van der Waals surface area contributed by atoms with Crippen molar-refractivity contribution in [2.75, 3.05) is 0 Å². The first kappa shape index (κ1) is 20.0. The summed E-state index contributed by atoms with van der Waals surface area (Å²) in [5.74, 6) is 0.244. The molecule has 0 amide bonds. The van der Waals surface area contributed by atoms with E-state index in [0.29, 0.717) is 12.2 Å². The Kier molecular flexibility index (Phi) is 5.84. The Bertz CT molecular complexity index is 1310. The molecule has 2 N–H and O–H groups in total. The lowest BCUT2D eigenvalue weighted by molar-refractivity contribution is 0.381. The SMILES string of the molecule is O=c1[nH]c(=O)n(CCc2ccccc2)c(O)c1C=NCc1nc(-c2ccccc2)no1. The minimum atomic E-state index is -0.724. The average molecular weight is 417 g/mol. The summed E-state index contributed by atoms with van der Waals surface area (Å²) in [6.07, 6.45) is 1.71. The molecule has 0 radical (unpaired) electrons. The molecule has 31 heavy (non-hydrogen) atoms. The molecule has 0 aliphatic rings. The van der Waals surface area contributed by atoms with Crippen molar-refractivity contribution in [2.24, 2.45) is 4.99 Å². The fraction of sp³-hybridized carbons (Fsp3) is 0.136. The van der Waals surface area contributed by atoms with Crippen LogP contribution in [0.5, 0.6) is 5.88 Å². The van der Waals surface area contributed by atoms with Crippen LogP contribution in [0.1, 0.15) is 17.0 Å². The van der Waals surface area contributed by atoms with Gasteiger partial charge < -0.3 is 9.63 Å². The van der Waals surface area contributed by atoms with Crippen molar-refractivity contribution >= 4 is 6.21 Å². The Hall–Kier alpha value is -4.27.